The van der Waals surface area contributed by atoms with Crippen molar-refractivity contribution in [1.82, 2.24) is 4.90 Å². The second-order valence-electron chi connectivity index (χ2n) is 4.98. The van der Waals surface area contributed by atoms with Crippen LogP contribution in [0.5, 0.6) is 5.75 Å². The third-order valence-electron chi connectivity index (χ3n) is 3.69. The lowest BCUT2D eigenvalue weighted by Crippen LogP contribution is -2.45. The molecule has 0 bridgehead atoms. The van der Waals surface area contributed by atoms with E-state index in [0.29, 0.717) is 29.8 Å². The molecule has 1 aromatic carbocycles. The maximum absolute atomic E-state index is 12.7. The van der Waals surface area contributed by atoms with Crippen molar-refractivity contribution >= 4 is 17.5 Å². The van der Waals surface area contributed by atoms with Gasteiger partial charge in [0.05, 0.1) is 12.7 Å². The van der Waals surface area contributed by atoms with E-state index in [1.165, 1.54) is 6.42 Å². The van der Waals surface area contributed by atoms with Gasteiger partial charge < -0.3 is 9.64 Å². The molecule has 4 heteroatoms. The van der Waals surface area contributed by atoms with E-state index < -0.39 is 0 Å². The van der Waals surface area contributed by atoms with Crippen molar-refractivity contribution in [2.45, 2.75) is 32.2 Å². The Balaban J connectivity index is 2.27. The van der Waals surface area contributed by atoms with Crippen LogP contribution in [-0.2, 0) is 0 Å². The summed E-state index contributed by atoms with van der Waals surface area (Å²) in [5.41, 5.74) is 1.70. The minimum absolute atomic E-state index is 0.0332. The standard InChI is InChI=1S/C15H20ClNO2/c1-11-6-7-14(19-2)13(10-11)15(18)17(9-8-16)12-4-3-5-12/h6-7,10,12H,3-5,8-9H2,1-2H3. The van der Waals surface area contributed by atoms with Crippen LogP contribution in [-0.4, -0.2) is 36.4 Å². The molecule has 1 fully saturated rings. The monoisotopic (exact) mass is 281 g/mol. The number of hydrogen-bond donors (Lipinski definition) is 0. The lowest BCUT2D eigenvalue weighted by atomic mass is 9.91. The Morgan fingerprint density at radius 1 is 1.47 bits per heavy atom. The van der Waals surface area contributed by atoms with Gasteiger partial charge >= 0.3 is 0 Å². The molecule has 0 spiro atoms. The molecule has 3 nitrogen and oxygen atoms in total. The Morgan fingerprint density at radius 2 is 2.21 bits per heavy atom. The molecular formula is C15H20ClNO2. The Morgan fingerprint density at radius 3 is 2.74 bits per heavy atom. The van der Waals surface area contributed by atoms with Gasteiger partial charge in [-0.2, -0.15) is 0 Å². The van der Waals surface area contributed by atoms with E-state index in [2.05, 4.69) is 0 Å². The van der Waals surface area contributed by atoms with Gasteiger partial charge in [0.15, 0.2) is 0 Å². The predicted octanol–water partition coefficient (Wildman–Crippen LogP) is 3.24. The maximum Gasteiger partial charge on any atom is 0.257 e. The topological polar surface area (TPSA) is 29.5 Å². The number of ether oxygens (including phenoxy) is 1. The number of rotatable bonds is 5. The minimum atomic E-state index is 0.0332. The minimum Gasteiger partial charge on any atom is -0.496 e. The number of amides is 1. The van der Waals surface area contributed by atoms with Crippen LogP contribution in [0.3, 0.4) is 0 Å². The maximum atomic E-state index is 12.7. The Hall–Kier alpha value is -1.22. The van der Waals surface area contributed by atoms with Gasteiger partial charge in [-0.25, -0.2) is 0 Å². The van der Waals surface area contributed by atoms with E-state index in [1.54, 1.807) is 7.11 Å². The fourth-order valence-corrected chi connectivity index (χ4v) is 2.57. The van der Waals surface area contributed by atoms with Crippen LogP contribution in [0.25, 0.3) is 0 Å². The van der Waals surface area contributed by atoms with Crippen molar-refractivity contribution in [3.05, 3.63) is 29.3 Å². The molecule has 104 valence electrons. The number of aryl methyl sites for hydroxylation is 1. The Labute approximate surface area is 119 Å². The van der Waals surface area contributed by atoms with Crippen molar-refractivity contribution < 1.29 is 9.53 Å². The first kappa shape index (κ1) is 14.2. The van der Waals surface area contributed by atoms with E-state index >= 15 is 0 Å². The first-order chi connectivity index (χ1) is 9.17. The summed E-state index contributed by atoms with van der Waals surface area (Å²) in [4.78, 5) is 14.6. The Kier molecular flexibility index (Phi) is 4.70. The van der Waals surface area contributed by atoms with Crippen molar-refractivity contribution in [1.29, 1.82) is 0 Å². The molecular weight excluding hydrogens is 262 g/mol. The van der Waals surface area contributed by atoms with Crippen LogP contribution < -0.4 is 4.74 Å². The third kappa shape index (κ3) is 3.03. The molecule has 0 radical (unpaired) electrons. The smallest absolute Gasteiger partial charge is 0.257 e. The van der Waals surface area contributed by atoms with Gasteiger partial charge in [0.1, 0.15) is 5.75 Å². The van der Waals surface area contributed by atoms with Crippen molar-refractivity contribution in [3.63, 3.8) is 0 Å². The van der Waals surface area contributed by atoms with Gasteiger partial charge in [0.2, 0.25) is 0 Å². The SMILES string of the molecule is COc1ccc(C)cc1C(=O)N(CCCl)C1CCC1. The quantitative estimate of drug-likeness (QED) is 0.776. The highest BCUT2D eigenvalue weighted by Gasteiger charge is 2.30. The molecule has 0 aliphatic heterocycles. The normalized spacial score (nSPS) is 14.9. The van der Waals surface area contributed by atoms with Gasteiger partial charge in [-0.3, -0.25) is 4.79 Å². The molecule has 19 heavy (non-hydrogen) atoms. The number of carbonyl (C=O) groups is 1. The van der Waals surface area contributed by atoms with Gasteiger partial charge in [0.25, 0.3) is 5.91 Å². The second-order valence-corrected chi connectivity index (χ2v) is 5.35. The van der Waals surface area contributed by atoms with Gasteiger partial charge in [-0.05, 0) is 38.3 Å². The fraction of sp³-hybridized carbons (Fsp3) is 0.533. The van der Waals surface area contributed by atoms with Gasteiger partial charge in [-0.15, -0.1) is 11.6 Å². The van der Waals surface area contributed by atoms with E-state index in [0.717, 1.165) is 18.4 Å². The molecule has 0 aromatic heterocycles. The number of hydrogen-bond acceptors (Lipinski definition) is 2. The molecule has 1 aromatic rings. The molecule has 1 saturated carbocycles. The van der Waals surface area contributed by atoms with Crippen molar-refractivity contribution in [3.8, 4) is 5.75 Å². The lowest BCUT2D eigenvalue weighted by molar-refractivity contribution is 0.0594. The number of halogens is 1. The molecule has 0 heterocycles. The number of benzene rings is 1. The third-order valence-corrected chi connectivity index (χ3v) is 3.86. The largest absolute Gasteiger partial charge is 0.496 e. The molecule has 0 unspecified atom stereocenters. The highest BCUT2D eigenvalue weighted by atomic mass is 35.5. The van der Waals surface area contributed by atoms with Crippen molar-refractivity contribution in [2.75, 3.05) is 19.5 Å². The summed E-state index contributed by atoms with van der Waals surface area (Å²) in [7, 11) is 1.59. The zero-order valence-electron chi connectivity index (χ0n) is 11.5. The molecule has 1 aliphatic carbocycles. The highest BCUT2D eigenvalue weighted by molar-refractivity contribution is 6.18. The fourth-order valence-electron chi connectivity index (χ4n) is 2.38. The first-order valence-electron chi connectivity index (χ1n) is 6.69. The summed E-state index contributed by atoms with van der Waals surface area (Å²) in [5.74, 6) is 1.14. The van der Waals surface area contributed by atoms with Crippen LogP contribution >= 0.6 is 11.6 Å². The van der Waals surface area contributed by atoms with Crippen molar-refractivity contribution in [2.24, 2.45) is 0 Å². The zero-order chi connectivity index (χ0) is 13.8. The molecule has 0 N–H and O–H groups in total. The molecule has 0 saturated heterocycles. The lowest BCUT2D eigenvalue weighted by Gasteiger charge is -2.37. The summed E-state index contributed by atoms with van der Waals surface area (Å²) < 4.78 is 5.30. The van der Waals surface area contributed by atoms with E-state index in [9.17, 15) is 4.79 Å². The number of methoxy groups -OCH3 is 1. The van der Waals surface area contributed by atoms with E-state index in [1.807, 2.05) is 30.0 Å². The number of nitrogens with zero attached hydrogens (tertiary/aromatic N) is 1. The number of alkyl halides is 1. The predicted molar refractivity (Wildman–Crippen MR) is 77.1 cm³/mol. The van der Waals surface area contributed by atoms with E-state index in [-0.39, 0.29) is 5.91 Å². The van der Waals surface area contributed by atoms with Gasteiger partial charge in [-0.1, -0.05) is 11.6 Å². The average molecular weight is 282 g/mol. The molecule has 2 rings (SSSR count). The van der Waals surface area contributed by atoms with Crippen LogP contribution in [0.2, 0.25) is 0 Å². The molecule has 1 aliphatic rings. The summed E-state index contributed by atoms with van der Waals surface area (Å²) in [6.45, 7) is 2.58. The highest BCUT2D eigenvalue weighted by Crippen LogP contribution is 2.29. The Bertz CT molecular complexity index is 457. The van der Waals surface area contributed by atoms with Crippen LogP contribution in [0.4, 0.5) is 0 Å². The van der Waals surface area contributed by atoms with Crippen LogP contribution in [0.15, 0.2) is 18.2 Å². The van der Waals surface area contributed by atoms with Crippen LogP contribution in [0.1, 0.15) is 35.2 Å². The van der Waals surface area contributed by atoms with Crippen LogP contribution in [0, 0.1) is 6.92 Å². The summed E-state index contributed by atoms with van der Waals surface area (Å²) in [6.07, 6.45) is 3.36. The summed E-state index contributed by atoms with van der Waals surface area (Å²) in [6, 6.07) is 6.03. The second kappa shape index (κ2) is 6.29. The van der Waals surface area contributed by atoms with Gasteiger partial charge in [0, 0.05) is 18.5 Å². The first-order valence-corrected chi connectivity index (χ1v) is 7.22. The average Bonchev–Trinajstić information content (AvgIpc) is 2.35. The summed E-state index contributed by atoms with van der Waals surface area (Å²) in [5, 5.41) is 0. The summed E-state index contributed by atoms with van der Waals surface area (Å²) >= 11 is 5.83. The molecule has 0 atom stereocenters. The van der Waals surface area contributed by atoms with E-state index in [4.69, 9.17) is 16.3 Å². The molecule has 1 amide bonds. The number of carbonyl (C=O) groups excluding carboxylic acids is 1. The zero-order valence-corrected chi connectivity index (χ0v) is 12.2.